The Kier molecular flexibility index (Phi) is 6.29. The molecule has 3 aromatic rings. The molecule has 0 aliphatic heterocycles. The van der Waals surface area contributed by atoms with E-state index in [0.29, 0.717) is 6.07 Å². The number of nitrogen functional groups attached to an aromatic ring is 1. The van der Waals surface area contributed by atoms with Gasteiger partial charge in [-0.05, 0) is 30.3 Å². The van der Waals surface area contributed by atoms with E-state index in [4.69, 9.17) is 10.5 Å². The Morgan fingerprint density at radius 2 is 1.41 bits per heavy atom. The van der Waals surface area contributed by atoms with Crippen molar-refractivity contribution in [1.82, 2.24) is 0 Å². The number of phenolic OH excluding ortho intramolecular Hbond substituents is 1. The topological polar surface area (TPSA) is 243 Å². The fourth-order valence-corrected chi connectivity index (χ4v) is 5.11. The van der Waals surface area contributed by atoms with Gasteiger partial charge in [-0.15, -0.1) is 10.2 Å². The third-order valence-electron chi connectivity index (χ3n) is 4.45. The van der Waals surface area contributed by atoms with Crippen LogP contribution >= 0.6 is 0 Å². The molecule has 0 aromatic heterocycles. The van der Waals surface area contributed by atoms with Gasteiger partial charge in [0.25, 0.3) is 30.4 Å². The van der Waals surface area contributed by atoms with E-state index in [2.05, 4.69) is 10.2 Å². The summed E-state index contributed by atoms with van der Waals surface area (Å²) in [6.45, 7) is 0. The Morgan fingerprint density at radius 3 is 1.94 bits per heavy atom. The molecule has 0 radical (unpaired) electrons. The fourth-order valence-electron chi connectivity index (χ4n) is 3.01. The maximum absolute atomic E-state index is 12.0. The van der Waals surface area contributed by atoms with Crippen molar-refractivity contribution in [1.29, 1.82) is 0 Å². The zero-order chi connectivity index (χ0) is 25.6. The third kappa shape index (κ3) is 4.79. The van der Waals surface area contributed by atoms with E-state index in [9.17, 15) is 44.0 Å². The molecule has 14 nitrogen and oxygen atoms in total. The number of methoxy groups -OCH3 is 1. The third-order valence-corrected chi connectivity index (χ3v) is 7.17. The largest absolute Gasteiger partial charge is 0.505 e. The number of fused-ring (bicyclic) bond motifs is 1. The van der Waals surface area contributed by atoms with Gasteiger partial charge in [-0.1, -0.05) is 0 Å². The molecule has 3 aromatic carbocycles. The van der Waals surface area contributed by atoms with E-state index in [-0.39, 0.29) is 11.1 Å². The molecule has 3 rings (SSSR count). The lowest BCUT2D eigenvalue weighted by Gasteiger charge is -2.12. The molecule has 0 aliphatic rings. The number of hydrogen-bond acceptors (Lipinski definition) is 11. The molecule has 0 unspecified atom stereocenters. The summed E-state index contributed by atoms with van der Waals surface area (Å²) in [5.74, 6) is -0.977. The molecule has 182 valence electrons. The number of nitrogens with zero attached hydrogens (tertiary/aromatic N) is 2. The van der Waals surface area contributed by atoms with Crippen molar-refractivity contribution < 1.29 is 48.8 Å². The first-order valence-electron chi connectivity index (χ1n) is 8.66. The van der Waals surface area contributed by atoms with Crippen molar-refractivity contribution in [3.63, 3.8) is 0 Å². The molecule has 0 bridgehead atoms. The van der Waals surface area contributed by atoms with Crippen LogP contribution in [0.4, 0.5) is 17.1 Å². The second-order valence-corrected chi connectivity index (χ2v) is 10.7. The van der Waals surface area contributed by atoms with Crippen molar-refractivity contribution in [2.75, 3.05) is 12.8 Å². The van der Waals surface area contributed by atoms with Gasteiger partial charge in [0, 0.05) is 16.8 Å². The summed E-state index contributed by atoms with van der Waals surface area (Å²) < 4.78 is 104. The minimum absolute atomic E-state index is 0.0223. The highest BCUT2D eigenvalue weighted by molar-refractivity contribution is 7.86. The first-order chi connectivity index (χ1) is 15.6. The second kappa shape index (κ2) is 8.46. The Morgan fingerprint density at radius 1 is 0.794 bits per heavy atom. The summed E-state index contributed by atoms with van der Waals surface area (Å²) in [7, 11) is -13.8. The Hall–Kier alpha value is -3.35. The average molecular weight is 534 g/mol. The maximum Gasteiger partial charge on any atom is 0.297 e. The summed E-state index contributed by atoms with van der Waals surface area (Å²) in [4.78, 5) is -2.85. The predicted octanol–water partition coefficient (Wildman–Crippen LogP) is 2.29. The summed E-state index contributed by atoms with van der Waals surface area (Å²) in [5, 5.41) is 16.8. The van der Waals surface area contributed by atoms with Crippen molar-refractivity contribution in [2.24, 2.45) is 10.2 Å². The first kappa shape index (κ1) is 25.3. The molecule has 0 atom stereocenters. The number of azo groups is 1. The molecule has 0 saturated heterocycles. The molecule has 17 heteroatoms. The minimum Gasteiger partial charge on any atom is -0.505 e. The minimum atomic E-state index is -5.19. The SMILES string of the molecule is COc1ccc(N=Nc2c(S(=O)(=O)O)cc3c(S(=O)(=O)O)c(N)ccc3c2O)c(S(=O)(=O)O)c1. The van der Waals surface area contributed by atoms with E-state index in [0.717, 1.165) is 24.3 Å². The molecule has 0 fully saturated rings. The number of nitrogens with two attached hydrogens (primary N) is 1. The zero-order valence-electron chi connectivity index (χ0n) is 16.8. The summed E-state index contributed by atoms with van der Waals surface area (Å²) in [5.41, 5.74) is 3.68. The molecule has 34 heavy (non-hydrogen) atoms. The molecule has 0 amide bonds. The number of aromatic hydroxyl groups is 1. The van der Waals surface area contributed by atoms with Gasteiger partial charge in [-0.2, -0.15) is 25.3 Å². The zero-order valence-corrected chi connectivity index (χ0v) is 19.3. The maximum atomic E-state index is 12.0. The highest BCUT2D eigenvalue weighted by Gasteiger charge is 2.27. The molecule has 6 N–H and O–H groups in total. The molecule has 0 aliphatic carbocycles. The van der Waals surface area contributed by atoms with Gasteiger partial charge in [0.05, 0.1) is 12.8 Å². The van der Waals surface area contributed by atoms with Gasteiger partial charge in [0.2, 0.25) is 0 Å². The van der Waals surface area contributed by atoms with Crippen molar-refractivity contribution in [3.8, 4) is 11.5 Å². The lowest BCUT2D eigenvalue weighted by Crippen LogP contribution is -2.06. The summed E-state index contributed by atoms with van der Waals surface area (Å²) in [6, 6.07) is 5.85. The molecule has 0 heterocycles. The number of phenols is 1. The summed E-state index contributed by atoms with van der Waals surface area (Å²) >= 11 is 0. The molecule has 0 spiro atoms. The van der Waals surface area contributed by atoms with Crippen molar-refractivity contribution in [3.05, 3.63) is 36.4 Å². The lowest BCUT2D eigenvalue weighted by molar-refractivity contribution is 0.412. The number of hydrogen-bond donors (Lipinski definition) is 5. The standard InChI is InChI=1S/C17H15N3O11S3/c1-31-8-2-5-12(13(6-8)32(22,23)24)19-20-15-14(33(25,26)27)7-10-9(16(15)21)3-4-11(18)17(10)34(28,29)30/h2-7,21H,18H2,1H3,(H,22,23,24)(H,25,26,27)(H,28,29,30). The van der Waals surface area contributed by atoms with E-state index < -0.39 is 73.2 Å². The molecular formula is C17H15N3O11S3. The predicted molar refractivity (Wildman–Crippen MR) is 117 cm³/mol. The van der Waals surface area contributed by atoms with E-state index in [1.54, 1.807) is 0 Å². The van der Waals surface area contributed by atoms with Crippen LogP contribution in [0.2, 0.25) is 0 Å². The monoisotopic (exact) mass is 533 g/mol. The number of anilines is 1. The molecular weight excluding hydrogens is 518 g/mol. The Balaban J connectivity index is 2.39. The smallest absolute Gasteiger partial charge is 0.297 e. The van der Waals surface area contributed by atoms with Crippen LogP contribution in [0, 0.1) is 0 Å². The lowest BCUT2D eigenvalue weighted by atomic mass is 10.1. The van der Waals surface area contributed by atoms with Crippen LogP contribution < -0.4 is 10.5 Å². The van der Waals surface area contributed by atoms with Crippen molar-refractivity contribution >= 4 is 58.2 Å². The normalized spacial score (nSPS) is 12.9. The van der Waals surface area contributed by atoms with E-state index in [1.165, 1.54) is 13.2 Å². The molecule has 0 saturated carbocycles. The highest BCUT2D eigenvalue weighted by atomic mass is 32.2. The van der Waals surface area contributed by atoms with Crippen LogP contribution in [0.1, 0.15) is 0 Å². The van der Waals surface area contributed by atoms with Crippen LogP contribution in [-0.4, -0.2) is 51.1 Å². The van der Waals surface area contributed by atoms with Crippen LogP contribution in [0.5, 0.6) is 11.5 Å². The van der Waals surface area contributed by atoms with Gasteiger partial charge in [-0.3, -0.25) is 13.7 Å². The average Bonchev–Trinajstić information content (AvgIpc) is 2.70. The first-order valence-corrected chi connectivity index (χ1v) is 13.0. The van der Waals surface area contributed by atoms with Crippen LogP contribution in [0.25, 0.3) is 10.8 Å². The van der Waals surface area contributed by atoms with Gasteiger partial charge < -0.3 is 15.6 Å². The highest BCUT2D eigenvalue weighted by Crippen LogP contribution is 2.44. The number of rotatable bonds is 6. The summed E-state index contributed by atoms with van der Waals surface area (Å²) in [6.07, 6.45) is 0. The quantitative estimate of drug-likeness (QED) is 0.174. The number of benzene rings is 3. The van der Waals surface area contributed by atoms with Gasteiger partial charge in [0.1, 0.15) is 31.8 Å². The van der Waals surface area contributed by atoms with Gasteiger partial charge in [0.15, 0.2) is 5.75 Å². The van der Waals surface area contributed by atoms with E-state index in [1.807, 2.05) is 0 Å². The van der Waals surface area contributed by atoms with Crippen molar-refractivity contribution in [2.45, 2.75) is 14.7 Å². The van der Waals surface area contributed by atoms with Gasteiger partial charge in [-0.25, -0.2) is 0 Å². The van der Waals surface area contributed by atoms with Crippen LogP contribution in [0.15, 0.2) is 61.3 Å². The second-order valence-electron chi connectivity index (χ2n) is 6.61. The Bertz CT molecular complexity index is 1680. The Labute approximate surface area is 192 Å². The van der Waals surface area contributed by atoms with Crippen LogP contribution in [0.3, 0.4) is 0 Å². The number of ether oxygens (including phenoxy) is 1. The van der Waals surface area contributed by atoms with E-state index >= 15 is 0 Å². The van der Waals surface area contributed by atoms with Crippen LogP contribution in [-0.2, 0) is 30.4 Å². The fraction of sp³-hybridized carbons (Fsp3) is 0.0588. The van der Waals surface area contributed by atoms with Gasteiger partial charge >= 0.3 is 0 Å².